The van der Waals surface area contributed by atoms with Crippen molar-refractivity contribution in [2.45, 2.75) is 58.3 Å². The van der Waals surface area contributed by atoms with E-state index < -0.39 is 5.97 Å². The minimum absolute atomic E-state index is 0.166. The van der Waals surface area contributed by atoms with Gasteiger partial charge >= 0.3 is 0 Å². The number of fused-ring (bicyclic) bond motifs is 1. The molecule has 0 aliphatic heterocycles. The molecule has 1 aliphatic carbocycles. The molecule has 0 saturated heterocycles. The predicted octanol–water partition coefficient (Wildman–Crippen LogP) is 4.11. The van der Waals surface area contributed by atoms with Gasteiger partial charge in [-0.15, -0.1) is 0 Å². The first kappa shape index (κ1) is 18.5. The molecule has 138 valence electrons. The Hall–Kier alpha value is -2.29. The normalized spacial score (nSPS) is 18.1. The van der Waals surface area contributed by atoms with Crippen LogP contribution < -0.4 is 5.11 Å². The zero-order valence-electron chi connectivity index (χ0n) is 16.6. The van der Waals surface area contributed by atoms with Crippen molar-refractivity contribution in [3.8, 4) is 11.1 Å². The van der Waals surface area contributed by atoms with E-state index >= 15 is 0 Å². The summed E-state index contributed by atoms with van der Waals surface area (Å²) < 4.78 is 1.95. The molecule has 1 aromatic heterocycles. The number of benzene rings is 1. The fourth-order valence-electron chi connectivity index (χ4n) is 4.08. The van der Waals surface area contributed by atoms with Gasteiger partial charge in [0.15, 0.2) is 0 Å². The lowest BCUT2D eigenvalue weighted by molar-refractivity contribution is -0.297. The summed E-state index contributed by atoms with van der Waals surface area (Å²) in [7, 11) is 1.93. The summed E-state index contributed by atoms with van der Waals surface area (Å²) in [6.07, 6.45) is 7.11. The van der Waals surface area contributed by atoms with Gasteiger partial charge < -0.3 is 14.5 Å². The second-order valence-corrected chi connectivity index (χ2v) is 8.90. The van der Waals surface area contributed by atoms with Gasteiger partial charge in [-0.1, -0.05) is 33.8 Å². The highest BCUT2D eigenvalue weighted by Crippen LogP contribution is 2.47. The molecule has 1 heterocycles. The molecule has 0 amide bonds. The van der Waals surface area contributed by atoms with Gasteiger partial charge in [-0.3, -0.25) is 0 Å². The van der Waals surface area contributed by atoms with E-state index in [1.54, 1.807) is 6.08 Å². The van der Waals surface area contributed by atoms with E-state index in [4.69, 9.17) is 0 Å². The Morgan fingerprint density at radius 3 is 2.23 bits per heavy atom. The Balaban J connectivity index is 2.13. The maximum atomic E-state index is 10.7. The topological polar surface area (TPSA) is 45.1 Å². The van der Waals surface area contributed by atoms with Crippen LogP contribution in [0.3, 0.4) is 0 Å². The Morgan fingerprint density at radius 1 is 1.08 bits per heavy atom. The number of carboxylic acid groups (broad SMARTS) is 1. The van der Waals surface area contributed by atoms with Crippen LogP contribution in [-0.2, 0) is 22.7 Å². The molecule has 3 heteroatoms. The first-order valence-electron chi connectivity index (χ1n) is 9.23. The Kier molecular flexibility index (Phi) is 4.38. The zero-order valence-corrected chi connectivity index (χ0v) is 16.6. The van der Waals surface area contributed by atoms with Gasteiger partial charge in [0.25, 0.3) is 0 Å². The molecule has 26 heavy (non-hydrogen) atoms. The van der Waals surface area contributed by atoms with Crippen LogP contribution in [0.4, 0.5) is 0 Å². The van der Waals surface area contributed by atoms with E-state index in [2.05, 4.69) is 52.9 Å². The van der Waals surface area contributed by atoms with Crippen molar-refractivity contribution in [2.75, 3.05) is 0 Å². The summed E-state index contributed by atoms with van der Waals surface area (Å²) in [6, 6.07) is 6.75. The Labute approximate surface area is 156 Å². The molecule has 2 aromatic rings. The third-order valence-electron chi connectivity index (χ3n) is 5.94. The molecule has 0 bridgehead atoms. The molecular weight excluding hydrogens is 322 g/mol. The molecule has 3 rings (SSSR count). The Bertz CT molecular complexity index is 897. The van der Waals surface area contributed by atoms with Crippen molar-refractivity contribution >= 4 is 12.0 Å². The lowest BCUT2D eigenvalue weighted by Crippen LogP contribution is -2.34. The lowest BCUT2D eigenvalue weighted by Gasteiger charge is -2.42. The number of hydrogen-bond donors (Lipinski definition) is 0. The van der Waals surface area contributed by atoms with Crippen molar-refractivity contribution < 1.29 is 9.90 Å². The summed E-state index contributed by atoms with van der Waals surface area (Å²) in [5, 5.41) is 10.7. The highest BCUT2D eigenvalue weighted by atomic mass is 16.4. The standard InChI is InChI=1S/C23H29NO2/c1-15-11-19-20(23(4,5)10-9-22(19,2)3)13-18(15)16-12-17(24(6)14-16)7-8-21(25)26/h7-8,11-14H,9-10H2,1-6H3,(H,25,26)/p-1/b8-7+. The second kappa shape index (κ2) is 6.15. The average molecular weight is 350 g/mol. The monoisotopic (exact) mass is 350 g/mol. The molecule has 1 aromatic carbocycles. The molecule has 0 N–H and O–H groups in total. The Morgan fingerprint density at radius 2 is 1.65 bits per heavy atom. The summed E-state index contributed by atoms with van der Waals surface area (Å²) >= 11 is 0. The predicted molar refractivity (Wildman–Crippen MR) is 105 cm³/mol. The van der Waals surface area contributed by atoms with E-state index in [-0.39, 0.29) is 10.8 Å². The molecular formula is C23H28NO2-. The van der Waals surface area contributed by atoms with Gasteiger partial charge in [-0.05, 0) is 77.1 Å². The SMILES string of the molecule is Cc1cc2c(cc1-c1cc(/C=C/C(=O)[O-])n(C)c1)C(C)(C)CCC2(C)C. The number of aromatic nitrogens is 1. The highest BCUT2D eigenvalue weighted by Gasteiger charge is 2.37. The molecule has 0 spiro atoms. The van der Waals surface area contributed by atoms with Gasteiger partial charge in [-0.25, -0.2) is 0 Å². The van der Waals surface area contributed by atoms with E-state index in [0.717, 1.165) is 17.3 Å². The fraction of sp³-hybridized carbons (Fsp3) is 0.435. The summed E-state index contributed by atoms with van der Waals surface area (Å²) in [4.78, 5) is 10.7. The van der Waals surface area contributed by atoms with Crippen molar-refractivity contribution in [2.24, 2.45) is 7.05 Å². The maximum absolute atomic E-state index is 10.7. The van der Waals surface area contributed by atoms with Crippen LogP contribution in [0.1, 0.15) is 62.9 Å². The molecule has 1 aliphatic rings. The minimum atomic E-state index is -1.18. The van der Waals surface area contributed by atoms with Crippen LogP contribution in [0.2, 0.25) is 0 Å². The summed E-state index contributed by atoms with van der Waals surface area (Å²) in [5.41, 5.74) is 7.71. The van der Waals surface area contributed by atoms with Crippen LogP contribution in [0, 0.1) is 6.92 Å². The van der Waals surface area contributed by atoms with Crippen LogP contribution >= 0.6 is 0 Å². The van der Waals surface area contributed by atoms with Gasteiger partial charge in [0.1, 0.15) is 0 Å². The number of carbonyl (C=O) groups is 1. The van der Waals surface area contributed by atoms with Gasteiger partial charge in [0.05, 0.1) is 5.97 Å². The van der Waals surface area contributed by atoms with Gasteiger partial charge in [0.2, 0.25) is 0 Å². The van der Waals surface area contributed by atoms with E-state index in [9.17, 15) is 9.90 Å². The molecule has 0 fully saturated rings. The molecule has 0 radical (unpaired) electrons. The van der Waals surface area contributed by atoms with E-state index in [1.807, 2.05) is 17.7 Å². The molecule has 0 saturated carbocycles. The van der Waals surface area contributed by atoms with Gasteiger partial charge in [0, 0.05) is 24.5 Å². The zero-order chi connectivity index (χ0) is 19.3. The largest absolute Gasteiger partial charge is 0.545 e. The van der Waals surface area contributed by atoms with Crippen LogP contribution in [0.25, 0.3) is 17.2 Å². The fourth-order valence-corrected chi connectivity index (χ4v) is 4.08. The third-order valence-corrected chi connectivity index (χ3v) is 5.94. The van der Waals surface area contributed by atoms with Crippen molar-refractivity contribution in [1.82, 2.24) is 4.57 Å². The number of nitrogens with zero attached hydrogens (tertiary/aromatic N) is 1. The lowest BCUT2D eigenvalue weighted by atomic mass is 9.62. The maximum Gasteiger partial charge on any atom is 0.0643 e. The molecule has 3 nitrogen and oxygen atoms in total. The number of carboxylic acids is 1. The van der Waals surface area contributed by atoms with E-state index in [1.165, 1.54) is 35.1 Å². The van der Waals surface area contributed by atoms with Crippen LogP contribution in [0.5, 0.6) is 0 Å². The van der Waals surface area contributed by atoms with Crippen LogP contribution in [0.15, 0.2) is 30.5 Å². The van der Waals surface area contributed by atoms with Gasteiger partial charge in [-0.2, -0.15) is 0 Å². The highest BCUT2D eigenvalue weighted by molar-refractivity contribution is 5.84. The summed E-state index contributed by atoms with van der Waals surface area (Å²) in [5.74, 6) is -1.18. The average Bonchev–Trinajstić information content (AvgIpc) is 2.90. The first-order chi connectivity index (χ1) is 12.0. The van der Waals surface area contributed by atoms with Crippen LogP contribution in [-0.4, -0.2) is 10.5 Å². The summed E-state index contributed by atoms with van der Waals surface area (Å²) in [6.45, 7) is 11.5. The molecule has 0 unspecified atom stereocenters. The number of hydrogen-bond acceptors (Lipinski definition) is 2. The number of aryl methyl sites for hydroxylation is 2. The second-order valence-electron chi connectivity index (χ2n) is 8.90. The quantitative estimate of drug-likeness (QED) is 0.782. The number of carbonyl (C=O) groups excluding carboxylic acids is 1. The van der Waals surface area contributed by atoms with Crippen molar-refractivity contribution in [3.63, 3.8) is 0 Å². The van der Waals surface area contributed by atoms with E-state index in [0.29, 0.717) is 0 Å². The minimum Gasteiger partial charge on any atom is -0.545 e. The molecule has 0 atom stereocenters. The number of rotatable bonds is 3. The van der Waals surface area contributed by atoms with Crippen molar-refractivity contribution in [3.05, 3.63) is 52.9 Å². The van der Waals surface area contributed by atoms with Crippen molar-refractivity contribution in [1.29, 1.82) is 0 Å². The first-order valence-corrected chi connectivity index (χ1v) is 9.23. The third kappa shape index (κ3) is 3.23. The number of aliphatic carboxylic acids is 1. The smallest absolute Gasteiger partial charge is 0.0643 e.